The van der Waals surface area contributed by atoms with Crippen molar-refractivity contribution in [1.82, 2.24) is 4.98 Å². The van der Waals surface area contributed by atoms with Gasteiger partial charge in [0.05, 0.1) is 10.2 Å². The van der Waals surface area contributed by atoms with Gasteiger partial charge in [0.25, 0.3) is 0 Å². The lowest BCUT2D eigenvalue weighted by molar-refractivity contribution is 0.480. The van der Waals surface area contributed by atoms with Gasteiger partial charge in [0, 0.05) is 16.3 Å². The molecule has 3 aromatic rings. The number of rotatable bonds is 0. The highest BCUT2D eigenvalue weighted by atomic mass is 32.1. The van der Waals surface area contributed by atoms with Gasteiger partial charge in [-0.1, -0.05) is 18.2 Å². The van der Waals surface area contributed by atoms with Crippen LogP contribution in [0.2, 0.25) is 0 Å². The van der Waals surface area contributed by atoms with Crippen LogP contribution in [0, 0.1) is 11.3 Å². The van der Waals surface area contributed by atoms with Crippen LogP contribution in [-0.4, -0.2) is 10.1 Å². The van der Waals surface area contributed by atoms with Crippen molar-refractivity contribution in [1.29, 1.82) is 5.26 Å². The van der Waals surface area contributed by atoms with Crippen molar-refractivity contribution in [3.63, 3.8) is 0 Å². The maximum absolute atomic E-state index is 9.90. The SMILES string of the molecule is N#Cc1cnc2c(sc3ccccc32)c1O. The molecule has 2 aromatic heterocycles. The van der Waals surface area contributed by atoms with Crippen LogP contribution in [0.1, 0.15) is 5.56 Å². The molecule has 0 atom stereocenters. The van der Waals surface area contributed by atoms with Gasteiger partial charge in [0.15, 0.2) is 5.75 Å². The maximum Gasteiger partial charge on any atom is 0.154 e. The molecule has 0 saturated carbocycles. The Labute approximate surface area is 95.2 Å². The van der Waals surface area contributed by atoms with Crippen molar-refractivity contribution in [2.45, 2.75) is 0 Å². The highest BCUT2D eigenvalue weighted by molar-refractivity contribution is 7.26. The number of thiophene rings is 1. The first-order valence-electron chi connectivity index (χ1n) is 4.70. The fourth-order valence-electron chi connectivity index (χ4n) is 1.71. The summed E-state index contributed by atoms with van der Waals surface area (Å²) >= 11 is 1.45. The molecule has 76 valence electrons. The van der Waals surface area contributed by atoms with Gasteiger partial charge in [-0.25, -0.2) is 0 Å². The highest BCUT2D eigenvalue weighted by Crippen LogP contribution is 2.38. The third kappa shape index (κ3) is 1.09. The molecular weight excluding hydrogens is 220 g/mol. The molecule has 0 spiro atoms. The summed E-state index contributed by atoms with van der Waals surface area (Å²) in [6, 6.07) is 9.75. The maximum atomic E-state index is 9.90. The van der Waals surface area contributed by atoms with Crippen LogP contribution in [0.4, 0.5) is 0 Å². The zero-order valence-electron chi connectivity index (χ0n) is 8.14. The molecule has 0 unspecified atom stereocenters. The monoisotopic (exact) mass is 226 g/mol. The van der Waals surface area contributed by atoms with Crippen LogP contribution in [-0.2, 0) is 0 Å². The summed E-state index contributed by atoms with van der Waals surface area (Å²) in [5, 5.41) is 19.7. The summed E-state index contributed by atoms with van der Waals surface area (Å²) < 4.78 is 1.75. The zero-order chi connectivity index (χ0) is 11.1. The summed E-state index contributed by atoms with van der Waals surface area (Å²) in [5.74, 6) is 0.0358. The van der Waals surface area contributed by atoms with Gasteiger partial charge >= 0.3 is 0 Å². The van der Waals surface area contributed by atoms with Crippen molar-refractivity contribution in [2.75, 3.05) is 0 Å². The van der Waals surface area contributed by atoms with Gasteiger partial charge in [0.2, 0.25) is 0 Å². The smallest absolute Gasteiger partial charge is 0.154 e. The molecular formula is C12H6N2OS. The molecule has 0 aliphatic heterocycles. The van der Waals surface area contributed by atoms with Gasteiger partial charge in [-0.2, -0.15) is 5.26 Å². The van der Waals surface area contributed by atoms with Crippen molar-refractivity contribution in [3.8, 4) is 11.8 Å². The Hall–Kier alpha value is -2.12. The first-order chi connectivity index (χ1) is 7.81. The first-order valence-corrected chi connectivity index (χ1v) is 5.52. The van der Waals surface area contributed by atoms with Crippen LogP contribution in [0.3, 0.4) is 0 Å². The van der Waals surface area contributed by atoms with E-state index in [2.05, 4.69) is 4.98 Å². The Morgan fingerprint density at radius 1 is 1.31 bits per heavy atom. The lowest BCUT2D eigenvalue weighted by Gasteiger charge is -1.95. The summed E-state index contributed by atoms with van der Waals surface area (Å²) in [6.45, 7) is 0. The summed E-state index contributed by atoms with van der Waals surface area (Å²) in [7, 11) is 0. The van der Waals surface area contributed by atoms with Gasteiger partial charge < -0.3 is 5.11 Å². The number of benzene rings is 1. The number of nitrogens with zero attached hydrogens (tertiary/aromatic N) is 2. The Bertz CT molecular complexity index is 740. The van der Waals surface area contributed by atoms with E-state index in [1.807, 2.05) is 30.3 Å². The second kappa shape index (κ2) is 3.19. The normalized spacial score (nSPS) is 10.7. The number of pyridine rings is 1. The lowest BCUT2D eigenvalue weighted by Crippen LogP contribution is -1.80. The fraction of sp³-hybridized carbons (Fsp3) is 0. The summed E-state index contributed by atoms with van der Waals surface area (Å²) in [5.41, 5.74) is 0.983. The zero-order valence-corrected chi connectivity index (χ0v) is 8.95. The number of aromatic nitrogens is 1. The summed E-state index contributed by atoms with van der Waals surface area (Å²) in [6.07, 6.45) is 1.41. The van der Waals surface area contributed by atoms with Crippen molar-refractivity contribution in [2.24, 2.45) is 0 Å². The molecule has 0 radical (unpaired) electrons. The molecule has 4 heteroatoms. The molecule has 1 aromatic carbocycles. The van der Waals surface area contributed by atoms with E-state index < -0.39 is 0 Å². The predicted molar refractivity (Wildman–Crippen MR) is 63.5 cm³/mol. The number of fused-ring (bicyclic) bond motifs is 3. The minimum Gasteiger partial charge on any atom is -0.505 e. The van der Waals surface area contributed by atoms with E-state index in [-0.39, 0.29) is 11.3 Å². The van der Waals surface area contributed by atoms with Crippen molar-refractivity contribution >= 4 is 31.6 Å². The highest BCUT2D eigenvalue weighted by Gasteiger charge is 2.12. The number of hydrogen-bond donors (Lipinski definition) is 1. The molecule has 3 rings (SSSR count). The van der Waals surface area contributed by atoms with Gasteiger partial charge in [-0.05, 0) is 6.07 Å². The van der Waals surface area contributed by atoms with Crippen molar-refractivity contribution < 1.29 is 5.11 Å². The Balaban J connectivity index is 2.56. The minimum atomic E-state index is 0.0358. The molecule has 2 heterocycles. The van der Waals surface area contributed by atoms with Gasteiger partial charge in [-0.3, -0.25) is 4.98 Å². The molecule has 0 aliphatic rings. The molecule has 3 nitrogen and oxygen atoms in total. The van der Waals surface area contributed by atoms with Gasteiger partial charge in [0.1, 0.15) is 11.6 Å². The third-order valence-electron chi connectivity index (χ3n) is 2.48. The topological polar surface area (TPSA) is 56.9 Å². The largest absolute Gasteiger partial charge is 0.505 e. The van der Waals surface area contributed by atoms with Crippen molar-refractivity contribution in [3.05, 3.63) is 36.0 Å². The summed E-state index contributed by atoms with van der Waals surface area (Å²) in [4.78, 5) is 4.23. The van der Waals surface area contributed by atoms with Crippen LogP contribution < -0.4 is 0 Å². The average Bonchev–Trinajstić information content (AvgIpc) is 2.69. The standard InChI is InChI=1S/C12H6N2OS/c13-5-7-6-14-10-8-3-1-2-4-9(8)16-12(10)11(7)15/h1-4,6H,(H,14,15). The lowest BCUT2D eigenvalue weighted by atomic mass is 10.2. The van der Waals surface area contributed by atoms with E-state index in [1.165, 1.54) is 17.5 Å². The molecule has 0 amide bonds. The van der Waals surface area contributed by atoms with E-state index in [0.717, 1.165) is 15.6 Å². The Morgan fingerprint density at radius 2 is 2.12 bits per heavy atom. The molecule has 0 saturated heterocycles. The molecule has 0 bridgehead atoms. The van der Waals surface area contributed by atoms with Crippen LogP contribution in [0.15, 0.2) is 30.5 Å². The quantitative estimate of drug-likeness (QED) is 0.641. The van der Waals surface area contributed by atoms with Crippen LogP contribution >= 0.6 is 11.3 Å². The Kier molecular flexibility index (Phi) is 1.82. The Morgan fingerprint density at radius 3 is 2.94 bits per heavy atom. The van der Waals surface area contributed by atoms with E-state index in [1.54, 1.807) is 0 Å². The average molecular weight is 226 g/mol. The number of hydrogen-bond acceptors (Lipinski definition) is 4. The molecule has 0 aliphatic carbocycles. The van der Waals surface area contributed by atoms with E-state index in [0.29, 0.717) is 4.70 Å². The predicted octanol–water partition coefficient (Wildman–Crippen LogP) is 3.03. The molecule has 1 N–H and O–H groups in total. The molecule has 0 fully saturated rings. The minimum absolute atomic E-state index is 0.0358. The molecule has 16 heavy (non-hydrogen) atoms. The first kappa shape index (κ1) is 9.13. The second-order valence-corrected chi connectivity index (χ2v) is 4.46. The second-order valence-electron chi connectivity index (χ2n) is 3.41. The van der Waals surface area contributed by atoms with Gasteiger partial charge in [-0.15, -0.1) is 11.3 Å². The number of nitriles is 1. The fourth-order valence-corrected chi connectivity index (χ4v) is 2.82. The van der Waals surface area contributed by atoms with E-state index in [4.69, 9.17) is 5.26 Å². The van der Waals surface area contributed by atoms with E-state index >= 15 is 0 Å². The third-order valence-corrected chi connectivity index (χ3v) is 3.65. The van der Waals surface area contributed by atoms with Crippen LogP contribution in [0.5, 0.6) is 5.75 Å². The number of aromatic hydroxyl groups is 1. The van der Waals surface area contributed by atoms with Crippen LogP contribution in [0.25, 0.3) is 20.3 Å². The van der Waals surface area contributed by atoms with E-state index in [9.17, 15) is 5.11 Å².